The minimum atomic E-state index is -0.0865. The lowest BCUT2D eigenvalue weighted by Crippen LogP contribution is -2.47. The van der Waals surface area contributed by atoms with Crippen molar-refractivity contribution < 1.29 is 4.79 Å². The molecule has 0 bridgehead atoms. The van der Waals surface area contributed by atoms with Gasteiger partial charge in [0.1, 0.15) is 12.1 Å². The number of carbonyl (C=O) groups is 1. The van der Waals surface area contributed by atoms with Crippen LogP contribution in [0.25, 0.3) is 11.2 Å². The molecule has 1 aliphatic carbocycles. The van der Waals surface area contributed by atoms with Crippen LogP contribution in [0.4, 0.5) is 10.6 Å². The van der Waals surface area contributed by atoms with Gasteiger partial charge in [0.25, 0.3) is 0 Å². The van der Waals surface area contributed by atoms with E-state index in [1.807, 2.05) is 12.1 Å². The van der Waals surface area contributed by atoms with Crippen molar-refractivity contribution in [3.63, 3.8) is 0 Å². The summed E-state index contributed by atoms with van der Waals surface area (Å²) < 4.78 is 1.62. The van der Waals surface area contributed by atoms with Gasteiger partial charge in [-0.2, -0.15) is 0 Å². The standard InChI is InChI=1S/C25H37N7O/c33-25(27-21-7-11-29(12-8-21)13-14-30-16-19-15-20(19)17-30)32-18-26-24-22(32)5-6-23(28-24)31-9-3-1-2-4-10-31/h5-6,18-21H,1-4,7-17H2,(H,27,33). The lowest BCUT2D eigenvalue weighted by Gasteiger charge is -2.33. The maximum atomic E-state index is 13.0. The van der Waals surface area contributed by atoms with E-state index >= 15 is 0 Å². The van der Waals surface area contributed by atoms with E-state index in [2.05, 4.69) is 25.0 Å². The molecule has 8 nitrogen and oxygen atoms in total. The van der Waals surface area contributed by atoms with Crippen LogP contribution in [-0.2, 0) is 0 Å². The zero-order chi connectivity index (χ0) is 22.2. The first-order valence-corrected chi connectivity index (χ1v) is 13.1. The Labute approximate surface area is 196 Å². The molecule has 2 aromatic heterocycles. The van der Waals surface area contributed by atoms with E-state index in [9.17, 15) is 4.79 Å². The molecule has 2 unspecified atom stereocenters. The monoisotopic (exact) mass is 451 g/mol. The van der Waals surface area contributed by atoms with Gasteiger partial charge in [-0.05, 0) is 56.1 Å². The third kappa shape index (κ3) is 4.73. The van der Waals surface area contributed by atoms with Crippen molar-refractivity contribution in [3.05, 3.63) is 18.5 Å². The van der Waals surface area contributed by atoms with Crippen LogP contribution < -0.4 is 10.2 Å². The maximum absolute atomic E-state index is 13.0. The Balaban J connectivity index is 1.01. The number of fused-ring (bicyclic) bond motifs is 2. The summed E-state index contributed by atoms with van der Waals surface area (Å²) in [5.74, 6) is 3.01. The Morgan fingerprint density at radius 2 is 1.67 bits per heavy atom. The van der Waals surface area contributed by atoms with Gasteiger partial charge in [-0.1, -0.05) is 12.8 Å². The molecule has 0 radical (unpaired) electrons. The van der Waals surface area contributed by atoms with Crippen molar-refractivity contribution in [2.75, 3.05) is 57.3 Å². The number of carbonyl (C=O) groups excluding carboxylic acids is 1. The zero-order valence-corrected chi connectivity index (χ0v) is 19.7. The molecule has 1 saturated carbocycles. The molecule has 4 aliphatic rings. The number of rotatable bonds is 5. The molecule has 2 aromatic rings. The number of aromatic nitrogens is 3. The molecule has 3 saturated heterocycles. The highest BCUT2D eigenvalue weighted by Crippen LogP contribution is 2.44. The van der Waals surface area contributed by atoms with E-state index in [-0.39, 0.29) is 12.1 Å². The normalized spacial score (nSPS) is 27.0. The van der Waals surface area contributed by atoms with Crippen molar-refractivity contribution >= 4 is 23.0 Å². The summed E-state index contributed by atoms with van der Waals surface area (Å²) in [6, 6.07) is 4.19. The molecule has 3 aliphatic heterocycles. The van der Waals surface area contributed by atoms with Gasteiger partial charge in [0.2, 0.25) is 0 Å². The minimum absolute atomic E-state index is 0.0865. The van der Waals surface area contributed by atoms with Crippen LogP contribution in [0.3, 0.4) is 0 Å². The second-order valence-corrected chi connectivity index (χ2v) is 10.6. The molecule has 5 heterocycles. The van der Waals surface area contributed by atoms with E-state index in [1.54, 1.807) is 10.9 Å². The Kier molecular flexibility index (Phi) is 5.96. The largest absolute Gasteiger partial charge is 0.357 e. The number of hydrogen-bond donors (Lipinski definition) is 1. The molecule has 0 aromatic carbocycles. The Morgan fingerprint density at radius 1 is 0.939 bits per heavy atom. The summed E-state index contributed by atoms with van der Waals surface area (Å²) in [5, 5.41) is 3.24. The van der Waals surface area contributed by atoms with Crippen LogP contribution in [0.1, 0.15) is 44.9 Å². The van der Waals surface area contributed by atoms with Crippen LogP contribution in [0.15, 0.2) is 18.5 Å². The highest BCUT2D eigenvalue weighted by molar-refractivity contribution is 5.88. The van der Waals surface area contributed by atoms with Crippen LogP contribution in [-0.4, -0.2) is 88.8 Å². The van der Waals surface area contributed by atoms with E-state index in [0.717, 1.165) is 68.7 Å². The van der Waals surface area contributed by atoms with Crippen molar-refractivity contribution in [2.45, 2.75) is 51.0 Å². The number of piperidine rings is 2. The summed E-state index contributed by atoms with van der Waals surface area (Å²) in [6.07, 6.45) is 10.2. The quantitative estimate of drug-likeness (QED) is 0.754. The third-order valence-electron chi connectivity index (χ3n) is 8.25. The molecule has 8 heteroatoms. The zero-order valence-electron chi connectivity index (χ0n) is 19.7. The number of pyridine rings is 1. The number of nitrogens with one attached hydrogen (secondary N) is 1. The molecule has 4 fully saturated rings. The van der Waals surface area contributed by atoms with Crippen molar-refractivity contribution in [3.8, 4) is 0 Å². The average molecular weight is 452 g/mol. The fourth-order valence-electron chi connectivity index (χ4n) is 6.03. The highest BCUT2D eigenvalue weighted by atomic mass is 16.2. The first-order valence-electron chi connectivity index (χ1n) is 13.1. The van der Waals surface area contributed by atoms with E-state index in [4.69, 9.17) is 4.98 Å². The smallest absolute Gasteiger partial charge is 0.327 e. The molecule has 6 rings (SSSR count). The van der Waals surface area contributed by atoms with Crippen molar-refractivity contribution in [2.24, 2.45) is 11.8 Å². The molecule has 2 atom stereocenters. The minimum Gasteiger partial charge on any atom is -0.357 e. The van der Waals surface area contributed by atoms with Crippen molar-refractivity contribution in [1.82, 2.24) is 29.7 Å². The Hall–Kier alpha value is -2.19. The van der Waals surface area contributed by atoms with Gasteiger partial charge in [-0.3, -0.25) is 0 Å². The van der Waals surface area contributed by atoms with E-state index < -0.39 is 0 Å². The summed E-state index contributed by atoms with van der Waals surface area (Å²) in [5.41, 5.74) is 1.44. The summed E-state index contributed by atoms with van der Waals surface area (Å²) in [6.45, 7) is 9.26. The number of imidazole rings is 1. The molecule has 0 spiro atoms. The van der Waals surface area contributed by atoms with Crippen LogP contribution >= 0.6 is 0 Å². The predicted octanol–water partition coefficient (Wildman–Crippen LogP) is 2.79. The number of likely N-dealkylation sites (tertiary alicyclic amines) is 2. The summed E-state index contributed by atoms with van der Waals surface area (Å²) >= 11 is 0. The SMILES string of the molecule is O=C(NC1CCN(CCN2CC3CC3C2)CC1)n1cnc2nc(N3CCCCCC3)ccc21. The summed E-state index contributed by atoms with van der Waals surface area (Å²) in [4.78, 5) is 29.8. The van der Waals surface area contributed by atoms with Crippen molar-refractivity contribution in [1.29, 1.82) is 0 Å². The second-order valence-electron chi connectivity index (χ2n) is 10.6. The molecule has 1 amide bonds. The first-order chi connectivity index (χ1) is 16.2. The predicted molar refractivity (Wildman–Crippen MR) is 130 cm³/mol. The number of anilines is 1. The number of nitrogens with zero attached hydrogens (tertiary/aromatic N) is 6. The molecule has 1 N–H and O–H groups in total. The first kappa shape index (κ1) is 21.4. The topological polar surface area (TPSA) is 69.5 Å². The Morgan fingerprint density at radius 3 is 2.42 bits per heavy atom. The van der Waals surface area contributed by atoms with Crippen LogP contribution in [0.5, 0.6) is 0 Å². The van der Waals surface area contributed by atoms with Gasteiger partial charge < -0.3 is 20.0 Å². The lowest BCUT2D eigenvalue weighted by atomic mass is 10.1. The van der Waals surface area contributed by atoms with Crippen LogP contribution in [0, 0.1) is 11.8 Å². The fourth-order valence-corrected chi connectivity index (χ4v) is 6.03. The highest BCUT2D eigenvalue weighted by Gasteiger charge is 2.44. The lowest BCUT2D eigenvalue weighted by molar-refractivity contribution is 0.170. The van der Waals surface area contributed by atoms with Gasteiger partial charge in [0.05, 0.1) is 5.52 Å². The molecular weight excluding hydrogens is 414 g/mol. The second kappa shape index (κ2) is 9.22. The van der Waals surface area contributed by atoms with E-state index in [1.165, 1.54) is 51.7 Å². The maximum Gasteiger partial charge on any atom is 0.327 e. The number of hydrogen-bond acceptors (Lipinski definition) is 6. The number of amides is 1. The average Bonchev–Trinajstić information content (AvgIpc) is 3.36. The fraction of sp³-hybridized carbons (Fsp3) is 0.720. The molecular formula is C25H37N7O. The van der Waals surface area contributed by atoms with Crippen LogP contribution in [0.2, 0.25) is 0 Å². The molecule has 33 heavy (non-hydrogen) atoms. The summed E-state index contributed by atoms with van der Waals surface area (Å²) in [7, 11) is 0. The molecule has 178 valence electrons. The van der Waals surface area contributed by atoms with E-state index in [0.29, 0.717) is 5.65 Å². The van der Waals surface area contributed by atoms with Gasteiger partial charge in [0.15, 0.2) is 5.65 Å². The van der Waals surface area contributed by atoms with Gasteiger partial charge in [-0.15, -0.1) is 0 Å². The van der Waals surface area contributed by atoms with Gasteiger partial charge >= 0.3 is 6.03 Å². The van der Waals surface area contributed by atoms with Gasteiger partial charge in [0, 0.05) is 58.4 Å². The Bertz CT molecular complexity index is 964. The van der Waals surface area contributed by atoms with Gasteiger partial charge in [-0.25, -0.2) is 19.3 Å². The third-order valence-corrected chi connectivity index (χ3v) is 8.25.